The average Bonchev–Trinajstić information content (AvgIpc) is 2.73. The van der Waals surface area contributed by atoms with Gasteiger partial charge in [0.25, 0.3) is 0 Å². The summed E-state index contributed by atoms with van der Waals surface area (Å²) in [5.41, 5.74) is 4.45. The van der Waals surface area contributed by atoms with Gasteiger partial charge in [-0.3, -0.25) is 9.78 Å². The van der Waals surface area contributed by atoms with Gasteiger partial charge in [-0.1, -0.05) is 30.3 Å². The fraction of sp³-hybridized carbons (Fsp3) is 0.238. The van der Waals surface area contributed by atoms with E-state index in [2.05, 4.69) is 15.3 Å². The highest BCUT2D eigenvalue weighted by atomic mass is 16.5. The van der Waals surface area contributed by atoms with E-state index in [1.165, 1.54) is 7.11 Å². The lowest BCUT2D eigenvalue weighted by atomic mass is 10.0. The van der Waals surface area contributed by atoms with Crippen molar-refractivity contribution in [1.29, 1.82) is 0 Å². The molecule has 0 atom stereocenters. The molecule has 7 heteroatoms. The van der Waals surface area contributed by atoms with Crippen molar-refractivity contribution in [3.63, 3.8) is 0 Å². The molecule has 1 amide bonds. The van der Waals surface area contributed by atoms with Gasteiger partial charge in [-0.05, 0) is 17.7 Å². The van der Waals surface area contributed by atoms with Crippen molar-refractivity contribution in [3.05, 3.63) is 60.4 Å². The van der Waals surface area contributed by atoms with E-state index in [-0.39, 0.29) is 12.5 Å². The SMILES string of the molecule is COCC(=O)NCc1ccc(-c2nc(N(C)C)ncc2-c2ccccn2)cc1. The van der Waals surface area contributed by atoms with Crippen molar-refractivity contribution in [2.75, 3.05) is 32.7 Å². The molecule has 0 aliphatic heterocycles. The van der Waals surface area contributed by atoms with Gasteiger partial charge in [0.05, 0.1) is 11.4 Å². The van der Waals surface area contributed by atoms with Crippen molar-refractivity contribution in [2.24, 2.45) is 0 Å². The highest BCUT2D eigenvalue weighted by Crippen LogP contribution is 2.30. The minimum absolute atomic E-state index is 0.0553. The molecule has 28 heavy (non-hydrogen) atoms. The number of nitrogens with zero attached hydrogens (tertiary/aromatic N) is 4. The summed E-state index contributed by atoms with van der Waals surface area (Å²) in [6.45, 7) is 0.502. The Bertz CT molecular complexity index is 927. The lowest BCUT2D eigenvalue weighted by molar-refractivity contribution is -0.124. The number of hydrogen-bond donors (Lipinski definition) is 1. The van der Waals surface area contributed by atoms with Gasteiger partial charge in [0.2, 0.25) is 11.9 Å². The molecular formula is C21H23N5O2. The Labute approximate surface area is 164 Å². The van der Waals surface area contributed by atoms with E-state index < -0.39 is 0 Å². The molecule has 0 aliphatic carbocycles. The first-order valence-corrected chi connectivity index (χ1v) is 8.89. The fourth-order valence-electron chi connectivity index (χ4n) is 2.68. The zero-order valence-corrected chi connectivity index (χ0v) is 16.2. The third-order valence-corrected chi connectivity index (χ3v) is 4.11. The van der Waals surface area contributed by atoms with Crippen LogP contribution in [-0.4, -0.2) is 48.7 Å². The van der Waals surface area contributed by atoms with Crippen LogP contribution < -0.4 is 10.2 Å². The minimum Gasteiger partial charge on any atom is -0.375 e. The van der Waals surface area contributed by atoms with Crippen LogP contribution in [0.5, 0.6) is 0 Å². The molecule has 0 aliphatic rings. The molecule has 0 saturated carbocycles. The zero-order chi connectivity index (χ0) is 19.9. The van der Waals surface area contributed by atoms with E-state index in [4.69, 9.17) is 9.72 Å². The second-order valence-electron chi connectivity index (χ2n) is 6.45. The van der Waals surface area contributed by atoms with Gasteiger partial charge < -0.3 is 15.0 Å². The summed E-state index contributed by atoms with van der Waals surface area (Å²) in [4.78, 5) is 27.0. The molecule has 1 aromatic carbocycles. The van der Waals surface area contributed by atoms with Crippen molar-refractivity contribution in [1.82, 2.24) is 20.3 Å². The van der Waals surface area contributed by atoms with E-state index in [1.807, 2.05) is 61.5 Å². The van der Waals surface area contributed by atoms with Gasteiger partial charge in [-0.15, -0.1) is 0 Å². The molecular weight excluding hydrogens is 354 g/mol. The Hall–Kier alpha value is -3.32. The maximum Gasteiger partial charge on any atom is 0.246 e. The maximum absolute atomic E-state index is 11.5. The van der Waals surface area contributed by atoms with Crippen LogP contribution in [0.15, 0.2) is 54.9 Å². The van der Waals surface area contributed by atoms with Crippen LogP contribution >= 0.6 is 0 Å². The number of aromatic nitrogens is 3. The quantitative estimate of drug-likeness (QED) is 0.682. The molecule has 0 spiro atoms. The number of carbonyl (C=O) groups excluding carboxylic acids is 1. The Morgan fingerprint density at radius 1 is 1.11 bits per heavy atom. The van der Waals surface area contributed by atoms with Gasteiger partial charge in [0.15, 0.2) is 0 Å². The predicted octanol–water partition coefficient (Wildman–Crippen LogP) is 2.53. The number of methoxy groups -OCH3 is 1. The summed E-state index contributed by atoms with van der Waals surface area (Å²) in [5.74, 6) is 0.487. The van der Waals surface area contributed by atoms with Crippen molar-refractivity contribution in [2.45, 2.75) is 6.54 Å². The highest BCUT2D eigenvalue weighted by molar-refractivity contribution is 5.79. The first-order chi connectivity index (χ1) is 13.6. The fourth-order valence-corrected chi connectivity index (χ4v) is 2.68. The summed E-state index contributed by atoms with van der Waals surface area (Å²) < 4.78 is 4.82. The van der Waals surface area contributed by atoms with E-state index in [0.717, 1.165) is 28.1 Å². The summed E-state index contributed by atoms with van der Waals surface area (Å²) in [6.07, 6.45) is 3.56. The standard InChI is InChI=1S/C21H23N5O2/c1-26(2)21-24-13-17(18-6-4-5-11-22-18)20(25-21)16-9-7-15(8-10-16)12-23-19(27)14-28-3/h4-11,13H,12,14H2,1-3H3,(H,23,27). The zero-order valence-electron chi connectivity index (χ0n) is 16.2. The summed E-state index contributed by atoms with van der Waals surface area (Å²) in [6, 6.07) is 13.7. The number of rotatable bonds is 7. The number of anilines is 1. The number of nitrogens with one attached hydrogen (secondary N) is 1. The Balaban J connectivity index is 1.91. The number of ether oxygens (including phenoxy) is 1. The van der Waals surface area contributed by atoms with Gasteiger partial charge in [0.1, 0.15) is 6.61 Å². The van der Waals surface area contributed by atoms with Crippen molar-refractivity contribution in [3.8, 4) is 22.5 Å². The number of pyridine rings is 1. The average molecular weight is 377 g/mol. The van der Waals surface area contributed by atoms with Crippen LogP contribution in [0, 0.1) is 0 Å². The van der Waals surface area contributed by atoms with Gasteiger partial charge >= 0.3 is 0 Å². The Kier molecular flexibility index (Phi) is 6.29. The Morgan fingerprint density at radius 3 is 2.54 bits per heavy atom. The normalized spacial score (nSPS) is 10.5. The van der Waals surface area contributed by atoms with Crippen LogP contribution in [0.25, 0.3) is 22.5 Å². The third-order valence-electron chi connectivity index (χ3n) is 4.11. The molecule has 0 saturated heterocycles. The molecule has 3 aromatic rings. The second kappa shape index (κ2) is 9.05. The number of benzene rings is 1. The lowest BCUT2D eigenvalue weighted by Gasteiger charge is -2.14. The van der Waals surface area contributed by atoms with E-state index in [0.29, 0.717) is 12.5 Å². The molecule has 144 valence electrons. The Morgan fingerprint density at radius 2 is 1.89 bits per heavy atom. The highest BCUT2D eigenvalue weighted by Gasteiger charge is 2.13. The molecule has 7 nitrogen and oxygen atoms in total. The molecule has 2 aromatic heterocycles. The predicted molar refractivity (Wildman–Crippen MR) is 109 cm³/mol. The monoisotopic (exact) mass is 377 g/mol. The minimum atomic E-state index is -0.143. The van der Waals surface area contributed by atoms with Gasteiger partial charge in [-0.25, -0.2) is 9.97 Å². The van der Waals surface area contributed by atoms with Crippen LogP contribution in [0.2, 0.25) is 0 Å². The molecule has 3 rings (SSSR count). The molecule has 0 radical (unpaired) electrons. The first kappa shape index (κ1) is 19.4. The number of amides is 1. The van der Waals surface area contributed by atoms with Gasteiger partial charge in [0, 0.05) is 51.3 Å². The summed E-state index contributed by atoms with van der Waals surface area (Å²) in [5, 5.41) is 2.81. The lowest BCUT2D eigenvalue weighted by Crippen LogP contribution is -2.26. The molecule has 2 heterocycles. The molecule has 0 unspecified atom stereocenters. The molecule has 1 N–H and O–H groups in total. The number of hydrogen-bond acceptors (Lipinski definition) is 6. The third kappa shape index (κ3) is 4.69. The maximum atomic E-state index is 11.5. The van der Waals surface area contributed by atoms with Crippen LogP contribution in [0.3, 0.4) is 0 Å². The largest absolute Gasteiger partial charge is 0.375 e. The van der Waals surface area contributed by atoms with Crippen LogP contribution in [0.1, 0.15) is 5.56 Å². The van der Waals surface area contributed by atoms with E-state index >= 15 is 0 Å². The van der Waals surface area contributed by atoms with Gasteiger partial charge in [-0.2, -0.15) is 0 Å². The topological polar surface area (TPSA) is 80.2 Å². The van der Waals surface area contributed by atoms with E-state index in [1.54, 1.807) is 12.4 Å². The summed E-state index contributed by atoms with van der Waals surface area (Å²) >= 11 is 0. The molecule has 0 bridgehead atoms. The van der Waals surface area contributed by atoms with Crippen molar-refractivity contribution >= 4 is 11.9 Å². The smallest absolute Gasteiger partial charge is 0.246 e. The van der Waals surface area contributed by atoms with Crippen LogP contribution in [-0.2, 0) is 16.1 Å². The molecule has 0 fully saturated rings. The second-order valence-corrected chi connectivity index (χ2v) is 6.45. The van der Waals surface area contributed by atoms with E-state index in [9.17, 15) is 4.79 Å². The van der Waals surface area contributed by atoms with Crippen molar-refractivity contribution < 1.29 is 9.53 Å². The first-order valence-electron chi connectivity index (χ1n) is 8.89. The van der Waals surface area contributed by atoms with Crippen LogP contribution in [0.4, 0.5) is 5.95 Å². The number of carbonyl (C=O) groups is 1. The summed E-state index contributed by atoms with van der Waals surface area (Å²) in [7, 11) is 5.31.